The number of ether oxygens (including phenoxy) is 1. The summed E-state index contributed by atoms with van der Waals surface area (Å²) in [5.74, 6) is -2.97. The molecule has 1 aliphatic heterocycles. The summed E-state index contributed by atoms with van der Waals surface area (Å²) in [4.78, 5) is 27.7. The first-order chi connectivity index (χ1) is 14.9. The maximum absolute atomic E-state index is 13.9. The second kappa shape index (κ2) is 8.49. The lowest BCUT2D eigenvalue weighted by Gasteiger charge is -2.35. The van der Waals surface area contributed by atoms with Crippen LogP contribution in [-0.2, 0) is 9.59 Å². The van der Waals surface area contributed by atoms with Gasteiger partial charge >= 0.3 is 0 Å². The lowest BCUT2D eigenvalue weighted by Crippen LogP contribution is -2.40. The van der Waals surface area contributed by atoms with Crippen LogP contribution in [0.1, 0.15) is 49.3 Å². The minimum atomic E-state index is -0.892. The van der Waals surface area contributed by atoms with Crippen LogP contribution < -0.4 is 4.74 Å². The molecule has 7 heteroatoms. The molecule has 4 rings (SSSR count). The van der Waals surface area contributed by atoms with Gasteiger partial charge in [0.2, 0.25) is 0 Å². The third kappa shape index (κ3) is 3.80. The number of ketones is 1. The average molecular weight is 427 g/mol. The summed E-state index contributed by atoms with van der Waals surface area (Å²) in [5.41, 5.74) is 0.338. The number of amides is 1. The summed E-state index contributed by atoms with van der Waals surface area (Å²) in [6, 6.07) is 8.01. The first-order valence-corrected chi connectivity index (χ1v) is 10.3. The molecule has 1 aliphatic carbocycles. The average Bonchev–Trinajstić information content (AvgIpc) is 3.05. The van der Waals surface area contributed by atoms with Gasteiger partial charge in [0, 0.05) is 6.04 Å². The van der Waals surface area contributed by atoms with E-state index in [9.17, 15) is 23.5 Å². The standard InChI is InChI=1S/C24H23F2NO4/c1-31-19-12-11-16(26)13-18(19)22(28)20-21(14-7-9-15(25)10-8-14)27(24(30)23(20)29)17-5-3-2-4-6-17/h7-13,17,21,28H,2-6H2,1H3/b22-20+. The number of likely N-dealkylation sites (tertiary alicyclic amines) is 1. The summed E-state index contributed by atoms with van der Waals surface area (Å²) >= 11 is 0. The Morgan fingerprint density at radius 2 is 1.65 bits per heavy atom. The van der Waals surface area contributed by atoms with Gasteiger partial charge in [0.25, 0.3) is 11.7 Å². The van der Waals surface area contributed by atoms with Crippen molar-refractivity contribution in [2.75, 3.05) is 7.11 Å². The molecule has 0 spiro atoms. The van der Waals surface area contributed by atoms with Gasteiger partial charge in [0.15, 0.2) is 0 Å². The minimum absolute atomic E-state index is 0.0174. The van der Waals surface area contributed by atoms with Crippen LogP contribution in [0.3, 0.4) is 0 Å². The van der Waals surface area contributed by atoms with E-state index < -0.39 is 35.1 Å². The number of aliphatic hydroxyl groups excluding tert-OH is 1. The molecular weight excluding hydrogens is 404 g/mol. The monoisotopic (exact) mass is 427 g/mol. The van der Waals surface area contributed by atoms with Crippen LogP contribution in [0.5, 0.6) is 5.75 Å². The summed E-state index contributed by atoms with van der Waals surface area (Å²) < 4.78 is 32.7. The molecule has 1 saturated heterocycles. The highest BCUT2D eigenvalue weighted by Gasteiger charge is 2.49. The van der Waals surface area contributed by atoms with Crippen molar-refractivity contribution in [3.63, 3.8) is 0 Å². The molecule has 0 radical (unpaired) electrons. The van der Waals surface area contributed by atoms with Gasteiger partial charge in [-0.1, -0.05) is 31.4 Å². The molecule has 0 bridgehead atoms. The number of rotatable bonds is 4. The molecular formula is C24H23F2NO4. The zero-order chi connectivity index (χ0) is 22.1. The van der Waals surface area contributed by atoms with E-state index in [0.29, 0.717) is 5.56 Å². The van der Waals surface area contributed by atoms with Crippen molar-refractivity contribution in [2.45, 2.75) is 44.2 Å². The van der Waals surface area contributed by atoms with Gasteiger partial charge in [-0.05, 0) is 48.7 Å². The van der Waals surface area contributed by atoms with Crippen LogP contribution in [0, 0.1) is 11.6 Å². The zero-order valence-electron chi connectivity index (χ0n) is 17.1. The van der Waals surface area contributed by atoms with Gasteiger partial charge in [-0.25, -0.2) is 8.78 Å². The van der Waals surface area contributed by atoms with Gasteiger partial charge < -0.3 is 14.7 Å². The first kappa shape index (κ1) is 21.0. The molecule has 1 amide bonds. The molecule has 2 aromatic rings. The number of carbonyl (C=O) groups is 2. The van der Waals surface area contributed by atoms with E-state index in [1.54, 1.807) is 0 Å². The summed E-state index contributed by atoms with van der Waals surface area (Å²) in [6.07, 6.45) is 4.41. The van der Waals surface area contributed by atoms with Crippen LogP contribution in [0.4, 0.5) is 8.78 Å². The molecule has 1 atom stereocenters. The lowest BCUT2D eigenvalue weighted by atomic mass is 9.91. The second-order valence-electron chi connectivity index (χ2n) is 7.89. The number of hydrogen-bond donors (Lipinski definition) is 1. The molecule has 162 valence electrons. The first-order valence-electron chi connectivity index (χ1n) is 10.3. The van der Waals surface area contributed by atoms with Crippen molar-refractivity contribution in [3.05, 3.63) is 70.8 Å². The largest absolute Gasteiger partial charge is 0.507 e. The minimum Gasteiger partial charge on any atom is -0.507 e. The maximum atomic E-state index is 13.9. The highest BCUT2D eigenvalue weighted by atomic mass is 19.1. The van der Waals surface area contributed by atoms with E-state index in [1.165, 1.54) is 48.4 Å². The van der Waals surface area contributed by atoms with E-state index in [1.807, 2.05) is 0 Å². The lowest BCUT2D eigenvalue weighted by molar-refractivity contribution is -0.141. The van der Waals surface area contributed by atoms with E-state index in [-0.39, 0.29) is 22.9 Å². The Labute approximate surface area is 178 Å². The molecule has 1 unspecified atom stereocenters. The molecule has 31 heavy (non-hydrogen) atoms. The van der Waals surface area contributed by atoms with E-state index in [4.69, 9.17) is 4.74 Å². The summed E-state index contributed by atoms with van der Waals surface area (Å²) in [5, 5.41) is 11.1. The van der Waals surface area contributed by atoms with E-state index in [2.05, 4.69) is 0 Å². The van der Waals surface area contributed by atoms with Gasteiger partial charge in [-0.3, -0.25) is 9.59 Å². The summed E-state index contributed by atoms with van der Waals surface area (Å²) in [6.45, 7) is 0. The number of Topliss-reactive ketones (excluding diaryl/α,β-unsaturated/α-hetero) is 1. The van der Waals surface area contributed by atoms with Crippen LogP contribution in [0.15, 0.2) is 48.0 Å². The molecule has 1 N–H and O–H groups in total. The quantitative estimate of drug-likeness (QED) is 0.435. The third-order valence-corrected chi connectivity index (χ3v) is 6.05. The van der Waals surface area contributed by atoms with Crippen molar-refractivity contribution in [3.8, 4) is 5.75 Å². The van der Waals surface area contributed by atoms with Crippen LogP contribution >= 0.6 is 0 Å². The number of hydrogen-bond acceptors (Lipinski definition) is 4. The Kier molecular flexibility index (Phi) is 5.76. The topological polar surface area (TPSA) is 66.8 Å². The zero-order valence-corrected chi connectivity index (χ0v) is 17.1. The molecule has 0 aromatic heterocycles. The number of halogens is 2. The summed E-state index contributed by atoms with van der Waals surface area (Å²) in [7, 11) is 1.36. The van der Waals surface area contributed by atoms with Crippen LogP contribution in [0.2, 0.25) is 0 Å². The molecule has 1 heterocycles. The fourth-order valence-electron chi connectivity index (χ4n) is 4.57. The van der Waals surface area contributed by atoms with Crippen LogP contribution in [-0.4, -0.2) is 34.8 Å². The Bertz CT molecular complexity index is 1040. The van der Waals surface area contributed by atoms with Crippen molar-refractivity contribution >= 4 is 17.4 Å². The fraction of sp³-hybridized carbons (Fsp3) is 0.333. The number of carbonyl (C=O) groups excluding carboxylic acids is 2. The third-order valence-electron chi connectivity index (χ3n) is 6.05. The molecule has 2 fully saturated rings. The Morgan fingerprint density at radius 3 is 2.29 bits per heavy atom. The maximum Gasteiger partial charge on any atom is 0.295 e. The second-order valence-corrected chi connectivity index (χ2v) is 7.89. The number of aliphatic hydroxyl groups is 1. The Hall–Kier alpha value is -3.22. The number of nitrogens with zero attached hydrogens (tertiary/aromatic N) is 1. The molecule has 5 nitrogen and oxygen atoms in total. The van der Waals surface area contributed by atoms with Crippen molar-refractivity contribution in [2.24, 2.45) is 0 Å². The molecule has 2 aromatic carbocycles. The molecule has 2 aliphatic rings. The van der Waals surface area contributed by atoms with Crippen molar-refractivity contribution in [1.29, 1.82) is 0 Å². The van der Waals surface area contributed by atoms with Crippen molar-refractivity contribution < 1.29 is 28.2 Å². The van der Waals surface area contributed by atoms with Gasteiger partial charge in [-0.15, -0.1) is 0 Å². The Balaban J connectivity index is 1.91. The predicted molar refractivity (Wildman–Crippen MR) is 110 cm³/mol. The molecule has 1 saturated carbocycles. The van der Waals surface area contributed by atoms with Gasteiger partial charge in [-0.2, -0.15) is 0 Å². The van der Waals surface area contributed by atoms with Gasteiger partial charge in [0.1, 0.15) is 23.1 Å². The number of benzene rings is 2. The van der Waals surface area contributed by atoms with E-state index in [0.717, 1.165) is 38.2 Å². The van der Waals surface area contributed by atoms with E-state index >= 15 is 0 Å². The highest BCUT2D eigenvalue weighted by Crippen LogP contribution is 2.44. The number of methoxy groups -OCH3 is 1. The predicted octanol–water partition coefficient (Wildman–Crippen LogP) is 4.73. The smallest absolute Gasteiger partial charge is 0.295 e. The normalized spacial score (nSPS) is 21.5. The van der Waals surface area contributed by atoms with Gasteiger partial charge in [0.05, 0.1) is 24.3 Å². The van der Waals surface area contributed by atoms with Crippen LogP contribution in [0.25, 0.3) is 5.76 Å². The van der Waals surface area contributed by atoms with Crippen molar-refractivity contribution in [1.82, 2.24) is 4.90 Å². The SMILES string of the molecule is COc1ccc(F)cc1/C(O)=C1\C(=O)C(=O)N(C2CCCCC2)C1c1ccc(F)cc1. The highest BCUT2D eigenvalue weighted by molar-refractivity contribution is 6.46. The fourth-order valence-corrected chi connectivity index (χ4v) is 4.57. The Morgan fingerprint density at radius 1 is 1.00 bits per heavy atom.